The van der Waals surface area contributed by atoms with Crippen LogP contribution in [0.5, 0.6) is 0 Å². The monoisotopic (exact) mass is 473 g/mol. The van der Waals surface area contributed by atoms with Gasteiger partial charge in [0.05, 0.1) is 0 Å². The Balaban J connectivity index is 1.47. The molecule has 3 N–H and O–H groups in total. The molecule has 8 heteroatoms. The lowest BCUT2D eigenvalue weighted by Crippen LogP contribution is -2.53. The van der Waals surface area contributed by atoms with Crippen molar-refractivity contribution in [2.45, 2.75) is 103 Å². The van der Waals surface area contributed by atoms with Gasteiger partial charge in [-0.3, -0.25) is 14.8 Å². The zero-order valence-corrected chi connectivity index (χ0v) is 20.9. The molecular formula is C26H43N5O3. The van der Waals surface area contributed by atoms with Crippen LogP contribution in [-0.2, 0) is 9.59 Å². The number of hydrogen-bond acceptors (Lipinski definition) is 6. The molecule has 2 fully saturated rings. The molecule has 0 radical (unpaired) electrons. The second-order valence-corrected chi connectivity index (χ2v) is 10.3. The maximum absolute atomic E-state index is 12.7. The standard InChI is InChI=1S/C26H43N5O3/c1-19-9-7-10-20(2)24(19)31(26-28-17-8-18-29-26)22-14-12-21(13-15-22)25(33)27-16-6-4-3-5-11-23(32)30-34/h8,17-22,24,34H,3-7,9-16H2,1-2H3,(H,27,33)(H,30,32). The highest BCUT2D eigenvalue weighted by Gasteiger charge is 2.39. The first-order chi connectivity index (χ1) is 16.5. The van der Waals surface area contributed by atoms with Crippen LogP contribution in [0.4, 0.5) is 5.95 Å². The number of unbranched alkanes of at least 4 members (excludes halogenated alkanes) is 3. The zero-order valence-electron chi connectivity index (χ0n) is 20.9. The SMILES string of the molecule is CC1CCCC(C)C1N(c1ncccn1)C1CCC(C(=O)NCCCCCCC(=O)NO)CC1. The third-order valence-electron chi connectivity index (χ3n) is 7.80. The number of carbonyl (C=O) groups excluding carboxylic acids is 2. The summed E-state index contributed by atoms with van der Waals surface area (Å²) in [5.41, 5.74) is 1.65. The average Bonchev–Trinajstić information content (AvgIpc) is 2.86. The molecule has 2 atom stereocenters. The number of amides is 2. The highest BCUT2D eigenvalue weighted by molar-refractivity contribution is 5.78. The number of hydrogen-bond donors (Lipinski definition) is 3. The molecule has 0 aliphatic heterocycles. The summed E-state index contributed by atoms with van der Waals surface area (Å²) < 4.78 is 0. The van der Waals surface area contributed by atoms with Crippen LogP contribution in [-0.4, -0.2) is 45.6 Å². The fourth-order valence-electron chi connectivity index (χ4n) is 5.97. The molecule has 1 aromatic rings. The molecule has 0 saturated heterocycles. The minimum Gasteiger partial charge on any atom is -0.356 e. The minimum absolute atomic E-state index is 0.0873. The van der Waals surface area contributed by atoms with Crippen molar-refractivity contribution >= 4 is 17.8 Å². The molecule has 2 unspecified atom stereocenters. The maximum Gasteiger partial charge on any atom is 0.243 e. The molecule has 1 aromatic heterocycles. The van der Waals surface area contributed by atoms with E-state index in [9.17, 15) is 9.59 Å². The second-order valence-electron chi connectivity index (χ2n) is 10.3. The van der Waals surface area contributed by atoms with Gasteiger partial charge in [-0.25, -0.2) is 15.4 Å². The normalized spacial score (nSPS) is 27.1. The highest BCUT2D eigenvalue weighted by atomic mass is 16.5. The third-order valence-corrected chi connectivity index (χ3v) is 7.80. The Morgan fingerprint density at radius 1 is 0.971 bits per heavy atom. The third kappa shape index (κ3) is 7.39. The number of rotatable bonds is 11. The fraction of sp³-hybridized carbons (Fsp3) is 0.769. The summed E-state index contributed by atoms with van der Waals surface area (Å²) in [6.07, 6.45) is 15.2. The Morgan fingerprint density at radius 2 is 1.62 bits per heavy atom. The Morgan fingerprint density at radius 3 is 2.26 bits per heavy atom. The molecule has 34 heavy (non-hydrogen) atoms. The van der Waals surface area contributed by atoms with Crippen molar-refractivity contribution in [3.63, 3.8) is 0 Å². The van der Waals surface area contributed by atoms with Crippen molar-refractivity contribution in [1.82, 2.24) is 20.8 Å². The molecule has 0 spiro atoms. The van der Waals surface area contributed by atoms with Crippen LogP contribution in [0.25, 0.3) is 0 Å². The molecular weight excluding hydrogens is 430 g/mol. The van der Waals surface area contributed by atoms with Gasteiger partial charge in [-0.05, 0) is 69.3 Å². The fourth-order valence-corrected chi connectivity index (χ4v) is 5.97. The van der Waals surface area contributed by atoms with Crippen LogP contribution in [0.3, 0.4) is 0 Å². The van der Waals surface area contributed by atoms with Crippen molar-refractivity contribution in [2.75, 3.05) is 11.4 Å². The predicted octanol–water partition coefficient (Wildman–Crippen LogP) is 4.24. The van der Waals surface area contributed by atoms with E-state index in [1.807, 2.05) is 18.5 Å². The molecule has 2 saturated carbocycles. The van der Waals surface area contributed by atoms with Gasteiger partial charge in [0.25, 0.3) is 0 Å². The van der Waals surface area contributed by atoms with Crippen LogP contribution in [0.15, 0.2) is 18.5 Å². The molecule has 190 valence electrons. The topological polar surface area (TPSA) is 107 Å². The number of nitrogens with one attached hydrogen (secondary N) is 2. The number of aromatic nitrogens is 2. The van der Waals surface area contributed by atoms with Gasteiger partial charge < -0.3 is 10.2 Å². The van der Waals surface area contributed by atoms with Crippen molar-refractivity contribution in [3.05, 3.63) is 18.5 Å². The zero-order chi connectivity index (χ0) is 24.3. The summed E-state index contributed by atoms with van der Waals surface area (Å²) in [4.78, 5) is 35.5. The van der Waals surface area contributed by atoms with E-state index < -0.39 is 0 Å². The lowest BCUT2D eigenvalue weighted by atomic mass is 9.76. The molecule has 2 aliphatic rings. The van der Waals surface area contributed by atoms with Crippen molar-refractivity contribution in [2.24, 2.45) is 17.8 Å². The lowest BCUT2D eigenvalue weighted by molar-refractivity contribution is -0.129. The first-order valence-corrected chi connectivity index (χ1v) is 13.3. The maximum atomic E-state index is 12.7. The summed E-state index contributed by atoms with van der Waals surface area (Å²) >= 11 is 0. The van der Waals surface area contributed by atoms with Gasteiger partial charge in [-0.1, -0.05) is 33.1 Å². The van der Waals surface area contributed by atoms with Crippen molar-refractivity contribution in [1.29, 1.82) is 0 Å². The summed E-state index contributed by atoms with van der Waals surface area (Å²) in [5, 5.41) is 11.6. The summed E-state index contributed by atoms with van der Waals surface area (Å²) in [6, 6.07) is 2.72. The van der Waals surface area contributed by atoms with Gasteiger partial charge in [-0.2, -0.15) is 0 Å². The molecule has 0 aromatic carbocycles. The number of carbonyl (C=O) groups is 2. The van der Waals surface area contributed by atoms with Crippen molar-refractivity contribution in [3.8, 4) is 0 Å². The molecule has 3 rings (SSSR count). The van der Waals surface area contributed by atoms with E-state index >= 15 is 0 Å². The van der Waals surface area contributed by atoms with Crippen LogP contribution in [0.1, 0.15) is 90.9 Å². The summed E-state index contributed by atoms with van der Waals surface area (Å²) in [7, 11) is 0. The Labute approximate surface area is 204 Å². The highest BCUT2D eigenvalue weighted by Crippen LogP contribution is 2.39. The van der Waals surface area contributed by atoms with Crippen LogP contribution in [0.2, 0.25) is 0 Å². The summed E-state index contributed by atoms with van der Waals surface area (Å²) in [6.45, 7) is 5.43. The second kappa shape index (κ2) is 13.6. The lowest BCUT2D eigenvalue weighted by Gasteiger charge is -2.48. The summed E-state index contributed by atoms with van der Waals surface area (Å²) in [5.74, 6) is 2.01. The predicted molar refractivity (Wildman–Crippen MR) is 132 cm³/mol. The van der Waals surface area contributed by atoms with Crippen LogP contribution < -0.4 is 15.7 Å². The van der Waals surface area contributed by atoms with E-state index in [1.54, 1.807) is 5.48 Å². The minimum atomic E-state index is -0.339. The Kier molecular flexibility index (Phi) is 10.6. The van der Waals surface area contributed by atoms with Gasteiger partial charge in [0.1, 0.15) is 0 Å². The molecule has 2 aliphatic carbocycles. The van der Waals surface area contributed by atoms with Gasteiger partial charge in [0.15, 0.2) is 0 Å². The van der Waals surface area contributed by atoms with Crippen LogP contribution >= 0.6 is 0 Å². The quantitative estimate of drug-likeness (QED) is 0.252. The van der Waals surface area contributed by atoms with Gasteiger partial charge >= 0.3 is 0 Å². The molecule has 0 bridgehead atoms. The smallest absolute Gasteiger partial charge is 0.243 e. The number of hydroxylamine groups is 1. The van der Waals surface area contributed by atoms with Gasteiger partial charge in [0.2, 0.25) is 17.8 Å². The first kappa shape index (κ1) is 26.4. The Bertz CT molecular complexity index is 744. The Hall–Kier alpha value is -2.22. The van der Waals surface area contributed by atoms with Crippen molar-refractivity contribution < 1.29 is 14.8 Å². The van der Waals surface area contributed by atoms with E-state index in [4.69, 9.17) is 5.21 Å². The molecule has 2 amide bonds. The van der Waals surface area contributed by atoms with E-state index in [-0.39, 0.29) is 17.7 Å². The average molecular weight is 474 g/mol. The van der Waals surface area contributed by atoms with Gasteiger partial charge in [-0.15, -0.1) is 0 Å². The molecule has 1 heterocycles. The van der Waals surface area contributed by atoms with E-state index in [0.717, 1.165) is 57.3 Å². The molecule has 8 nitrogen and oxygen atoms in total. The van der Waals surface area contributed by atoms with E-state index in [0.29, 0.717) is 36.9 Å². The van der Waals surface area contributed by atoms with E-state index in [1.165, 1.54) is 19.3 Å². The first-order valence-electron chi connectivity index (χ1n) is 13.3. The number of nitrogens with zero attached hydrogens (tertiary/aromatic N) is 3. The van der Waals surface area contributed by atoms with E-state index in [2.05, 4.69) is 34.0 Å². The largest absolute Gasteiger partial charge is 0.356 e. The number of anilines is 1. The van der Waals surface area contributed by atoms with Crippen LogP contribution in [0, 0.1) is 17.8 Å². The van der Waals surface area contributed by atoms with Gasteiger partial charge in [0, 0.05) is 43.4 Å².